The molecule has 1 rings (SSSR count). The molecule has 1 atom stereocenters. The van der Waals surface area contributed by atoms with Gasteiger partial charge in [0.25, 0.3) is 0 Å². The van der Waals surface area contributed by atoms with Gasteiger partial charge in [-0.15, -0.1) is 0 Å². The zero-order valence-electron chi connectivity index (χ0n) is 9.70. The molecule has 0 radical (unpaired) electrons. The smallest absolute Gasteiger partial charge is 0.224 e. The normalized spacial score (nSPS) is 12.8. The number of nitrogens with one attached hydrogen (secondary N) is 1. The minimum atomic E-state index is 0.384. The molecule has 0 aliphatic rings. The van der Waals surface area contributed by atoms with E-state index in [0.29, 0.717) is 17.8 Å². The van der Waals surface area contributed by atoms with Crippen LogP contribution in [0.4, 0.5) is 11.8 Å². The maximum atomic E-state index is 5.57. The highest BCUT2D eigenvalue weighted by atomic mass is 15.1. The lowest BCUT2D eigenvalue weighted by atomic mass is 10.0. The molecule has 4 heteroatoms. The van der Waals surface area contributed by atoms with Gasteiger partial charge in [-0.05, 0) is 31.7 Å². The van der Waals surface area contributed by atoms with E-state index in [-0.39, 0.29) is 0 Å². The molecule has 0 spiro atoms. The summed E-state index contributed by atoms with van der Waals surface area (Å²) in [7, 11) is 0. The van der Waals surface area contributed by atoms with Crippen molar-refractivity contribution in [1.82, 2.24) is 9.97 Å². The van der Waals surface area contributed by atoms with Crippen molar-refractivity contribution in [2.45, 2.75) is 39.7 Å². The summed E-state index contributed by atoms with van der Waals surface area (Å²) in [4.78, 5) is 8.20. The lowest BCUT2D eigenvalue weighted by Crippen LogP contribution is -2.17. The minimum absolute atomic E-state index is 0.384. The molecule has 4 nitrogen and oxygen atoms in total. The van der Waals surface area contributed by atoms with Gasteiger partial charge in [-0.2, -0.15) is 4.98 Å². The van der Waals surface area contributed by atoms with E-state index in [4.69, 9.17) is 5.73 Å². The summed E-state index contributed by atoms with van der Waals surface area (Å²) in [5.74, 6) is 1.85. The molecule has 3 N–H and O–H groups in total. The van der Waals surface area contributed by atoms with Gasteiger partial charge in [0.2, 0.25) is 5.95 Å². The van der Waals surface area contributed by atoms with Crippen LogP contribution in [-0.2, 0) is 0 Å². The van der Waals surface area contributed by atoms with Crippen LogP contribution in [0.5, 0.6) is 0 Å². The molecule has 1 unspecified atom stereocenters. The van der Waals surface area contributed by atoms with E-state index in [0.717, 1.165) is 12.3 Å². The Morgan fingerprint density at radius 3 is 2.67 bits per heavy atom. The SMILES string of the molecule is CC(C)CCC(C)Nc1nccc(N)n1. The summed E-state index contributed by atoms with van der Waals surface area (Å²) in [5.41, 5.74) is 5.57. The first-order valence-corrected chi connectivity index (χ1v) is 5.43. The summed E-state index contributed by atoms with van der Waals surface area (Å²) >= 11 is 0. The Morgan fingerprint density at radius 1 is 1.33 bits per heavy atom. The fraction of sp³-hybridized carbons (Fsp3) is 0.636. The Kier molecular flexibility index (Phi) is 4.34. The van der Waals surface area contributed by atoms with Crippen LogP contribution in [0.15, 0.2) is 12.3 Å². The number of nitrogen functional groups attached to an aromatic ring is 1. The van der Waals surface area contributed by atoms with Gasteiger partial charge in [0.15, 0.2) is 0 Å². The lowest BCUT2D eigenvalue weighted by Gasteiger charge is -2.14. The van der Waals surface area contributed by atoms with Crippen LogP contribution in [0, 0.1) is 5.92 Å². The average molecular weight is 208 g/mol. The predicted octanol–water partition coefficient (Wildman–Crippen LogP) is 2.30. The van der Waals surface area contributed by atoms with Gasteiger partial charge in [0, 0.05) is 12.2 Å². The van der Waals surface area contributed by atoms with E-state index in [2.05, 4.69) is 36.1 Å². The topological polar surface area (TPSA) is 63.8 Å². The molecule has 0 bridgehead atoms. The number of aromatic nitrogens is 2. The van der Waals surface area contributed by atoms with E-state index in [1.54, 1.807) is 12.3 Å². The van der Waals surface area contributed by atoms with E-state index < -0.39 is 0 Å². The maximum absolute atomic E-state index is 5.57. The molecule has 1 aromatic heterocycles. The van der Waals surface area contributed by atoms with Crippen LogP contribution in [0.3, 0.4) is 0 Å². The van der Waals surface area contributed by atoms with Crippen LogP contribution in [0.25, 0.3) is 0 Å². The molecule has 0 amide bonds. The molecule has 15 heavy (non-hydrogen) atoms. The molecule has 0 saturated carbocycles. The summed E-state index contributed by atoms with van der Waals surface area (Å²) in [6.45, 7) is 6.59. The van der Waals surface area contributed by atoms with E-state index in [1.807, 2.05) is 0 Å². The fourth-order valence-electron chi connectivity index (χ4n) is 1.32. The Hall–Kier alpha value is -1.32. The highest BCUT2D eigenvalue weighted by Crippen LogP contribution is 2.10. The number of hydrogen-bond acceptors (Lipinski definition) is 4. The third kappa shape index (κ3) is 4.63. The number of nitrogens with zero attached hydrogens (tertiary/aromatic N) is 2. The fourth-order valence-corrected chi connectivity index (χ4v) is 1.32. The van der Waals surface area contributed by atoms with Crippen molar-refractivity contribution in [3.8, 4) is 0 Å². The molecular formula is C11H20N4. The number of nitrogens with two attached hydrogens (primary N) is 1. The standard InChI is InChI=1S/C11H20N4/c1-8(2)4-5-9(3)14-11-13-7-6-10(12)15-11/h6-9H,4-5H2,1-3H3,(H3,12,13,14,15). The van der Waals surface area contributed by atoms with Crippen molar-refractivity contribution in [3.05, 3.63) is 12.3 Å². The van der Waals surface area contributed by atoms with Crippen LogP contribution >= 0.6 is 0 Å². The summed E-state index contributed by atoms with van der Waals surface area (Å²) < 4.78 is 0. The van der Waals surface area contributed by atoms with Crippen LogP contribution in [0.2, 0.25) is 0 Å². The number of hydrogen-bond donors (Lipinski definition) is 2. The lowest BCUT2D eigenvalue weighted by molar-refractivity contribution is 0.526. The van der Waals surface area contributed by atoms with Gasteiger partial charge < -0.3 is 11.1 Å². The average Bonchev–Trinajstić information content (AvgIpc) is 2.15. The molecule has 0 aliphatic heterocycles. The molecule has 0 aliphatic carbocycles. The summed E-state index contributed by atoms with van der Waals surface area (Å²) in [5, 5.41) is 3.24. The van der Waals surface area contributed by atoms with Gasteiger partial charge in [0.1, 0.15) is 5.82 Å². The third-order valence-electron chi connectivity index (χ3n) is 2.23. The monoisotopic (exact) mass is 208 g/mol. The molecule has 1 aromatic rings. The molecule has 0 saturated heterocycles. The largest absolute Gasteiger partial charge is 0.384 e. The second-order valence-corrected chi connectivity index (χ2v) is 4.32. The maximum Gasteiger partial charge on any atom is 0.224 e. The highest BCUT2D eigenvalue weighted by molar-refractivity contribution is 5.35. The van der Waals surface area contributed by atoms with E-state index >= 15 is 0 Å². The second-order valence-electron chi connectivity index (χ2n) is 4.32. The molecule has 0 aromatic carbocycles. The second kappa shape index (κ2) is 5.53. The van der Waals surface area contributed by atoms with Gasteiger partial charge >= 0.3 is 0 Å². The van der Waals surface area contributed by atoms with Crippen molar-refractivity contribution in [1.29, 1.82) is 0 Å². The number of rotatable bonds is 5. The van der Waals surface area contributed by atoms with Gasteiger partial charge in [-0.3, -0.25) is 0 Å². The minimum Gasteiger partial charge on any atom is -0.384 e. The Bertz CT molecular complexity index is 298. The third-order valence-corrected chi connectivity index (χ3v) is 2.23. The molecule has 84 valence electrons. The summed E-state index contributed by atoms with van der Waals surface area (Å²) in [6, 6.07) is 2.07. The van der Waals surface area contributed by atoms with Crippen molar-refractivity contribution < 1.29 is 0 Å². The first-order chi connectivity index (χ1) is 7.08. The van der Waals surface area contributed by atoms with Crippen molar-refractivity contribution in [2.24, 2.45) is 5.92 Å². The summed E-state index contributed by atoms with van der Waals surface area (Å²) in [6.07, 6.45) is 3.99. The van der Waals surface area contributed by atoms with Gasteiger partial charge in [0.05, 0.1) is 0 Å². The Morgan fingerprint density at radius 2 is 2.07 bits per heavy atom. The van der Waals surface area contributed by atoms with Crippen LogP contribution in [-0.4, -0.2) is 16.0 Å². The first kappa shape index (κ1) is 11.8. The Labute approximate surface area is 91.3 Å². The molecular weight excluding hydrogens is 188 g/mol. The van der Waals surface area contributed by atoms with Crippen LogP contribution in [0.1, 0.15) is 33.6 Å². The van der Waals surface area contributed by atoms with E-state index in [1.165, 1.54) is 6.42 Å². The first-order valence-electron chi connectivity index (χ1n) is 5.43. The quantitative estimate of drug-likeness (QED) is 0.779. The number of anilines is 2. The Balaban J connectivity index is 2.40. The van der Waals surface area contributed by atoms with Crippen molar-refractivity contribution in [3.63, 3.8) is 0 Å². The molecule has 1 heterocycles. The highest BCUT2D eigenvalue weighted by Gasteiger charge is 2.05. The van der Waals surface area contributed by atoms with Crippen molar-refractivity contribution >= 4 is 11.8 Å². The predicted molar refractivity (Wildman–Crippen MR) is 63.6 cm³/mol. The van der Waals surface area contributed by atoms with Crippen LogP contribution < -0.4 is 11.1 Å². The van der Waals surface area contributed by atoms with Gasteiger partial charge in [-0.1, -0.05) is 13.8 Å². The zero-order valence-corrected chi connectivity index (χ0v) is 9.70. The van der Waals surface area contributed by atoms with E-state index in [9.17, 15) is 0 Å². The zero-order chi connectivity index (χ0) is 11.3. The molecule has 0 fully saturated rings. The van der Waals surface area contributed by atoms with Crippen molar-refractivity contribution in [2.75, 3.05) is 11.1 Å². The van der Waals surface area contributed by atoms with Gasteiger partial charge in [-0.25, -0.2) is 4.98 Å².